The van der Waals surface area contributed by atoms with E-state index in [-0.39, 0.29) is 11.9 Å². The van der Waals surface area contributed by atoms with Crippen LogP contribution in [0.25, 0.3) is 0 Å². The fourth-order valence-electron chi connectivity index (χ4n) is 2.54. The van der Waals surface area contributed by atoms with Crippen molar-refractivity contribution in [1.82, 2.24) is 15.0 Å². The predicted octanol–water partition coefficient (Wildman–Crippen LogP) is 7.40. The lowest BCUT2D eigenvalue weighted by Crippen LogP contribution is -1.98. The summed E-state index contributed by atoms with van der Waals surface area (Å²) >= 11 is 6.40. The van der Waals surface area contributed by atoms with E-state index in [1.807, 2.05) is 49.6 Å². The molecule has 0 aliphatic heterocycles. The van der Waals surface area contributed by atoms with Gasteiger partial charge in [-0.2, -0.15) is 8.78 Å². The summed E-state index contributed by atoms with van der Waals surface area (Å²) in [4.78, 5) is 11.3. The Bertz CT molecular complexity index is 1050. The standard InChI is InChI=1S/C9H12INO.C8H9FIN.C6H5FIN/c1-4-7-8(10)6(2)5-11-9(7)12-3;1-3-6-7(10)5(2)4-11-8(6)9;1-4-2-5(8)6(7)9-3-4/h5H,4H2,1-3H3;4H,3H2,1-2H3;2-3H,1H3. The molecule has 0 N–H and O–H groups in total. The predicted molar refractivity (Wildman–Crippen MR) is 150 cm³/mol. The topological polar surface area (TPSA) is 47.9 Å². The minimum absolute atomic E-state index is 0.331. The number of hydrogen-bond acceptors (Lipinski definition) is 4. The highest BCUT2D eigenvalue weighted by molar-refractivity contribution is 14.1. The van der Waals surface area contributed by atoms with Crippen LogP contribution in [0.4, 0.5) is 8.78 Å². The largest absolute Gasteiger partial charge is 0.481 e. The van der Waals surface area contributed by atoms with Gasteiger partial charge in [0.1, 0.15) is 0 Å². The zero-order valence-electron chi connectivity index (χ0n) is 18.9. The van der Waals surface area contributed by atoms with Crippen molar-refractivity contribution in [3.63, 3.8) is 0 Å². The Kier molecular flexibility index (Phi) is 13.3. The molecule has 0 spiro atoms. The third-order valence-electron chi connectivity index (χ3n) is 4.31. The van der Waals surface area contributed by atoms with Gasteiger partial charge in [-0.1, -0.05) is 13.8 Å². The van der Waals surface area contributed by atoms with Gasteiger partial charge in [-0.15, -0.1) is 0 Å². The Morgan fingerprint density at radius 3 is 1.72 bits per heavy atom. The Morgan fingerprint density at radius 2 is 1.28 bits per heavy atom. The van der Waals surface area contributed by atoms with Crippen LogP contribution in [-0.4, -0.2) is 22.1 Å². The maximum Gasteiger partial charge on any atom is 0.226 e. The maximum absolute atomic E-state index is 12.9. The summed E-state index contributed by atoms with van der Waals surface area (Å²) in [6.45, 7) is 9.93. The second-order valence-electron chi connectivity index (χ2n) is 6.76. The quantitative estimate of drug-likeness (QED) is 0.206. The van der Waals surface area contributed by atoms with E-state index in [1.54, 1.807) is 19.4 Å². The van der Waals surface area contributed by atoms with E-state index < -0.39 is 0 Å². The van der Waals surface area contributed by atoms with E-state index >= 15 is 0 Å². The zero-order valence-corrected chi connectivity index (χ0v) is 25.3. The van der Waals surface area contributed by atoms with Gasteiger partial charge in [0, 0.05) is 36.9 Å². The molecular formula is C23H26F2I3N3O. The summed E-state index contributed by atoms with van der Waals surface area (Å²) in [5.41, 5.74) is 5.18. The van der Waals surface area contributed by atoms with Crippen molar-refractivity contribution in [2.24, 2.45) is 0 Å². The third kappa shape index (κ3) is 8.58. The zero-order chi connectivity index (χ0) is 24.4. The number of ether oxygens (including phenoxy) is 1. The number of pyridine rings is 3. The number of aromatic nitrogens is 3. The lowest BCUT2D eigenvalue weighted by atomic mass is 10.2. The van der Waals surface area contributed by atoms with Crippen molar-refractivity contribution < 1.29 is 13.5 Å². The summed E-state index contributed by atoms with van der Waals surface area (Å²) in [7, 11) is 1.66. The molecule has 4 nitrogen and oxygen atoms in total. The first kappa shape index (κ1) is 29.3. The fraction of sp³-hybridized carbons (Fsp3) is 0.348. The molecule has 0 bridgehead atoms. The first-order valence-electron chi connectivity index (χ1n) is 9.82. The van der Waals surface area contributed by atoms with Crippen molar-refractivity contribution in [3.05, 3.63) is 75.1 Å². The van der Waals surface area contributed by atoms with Gasteiger partial charge >= 0.3 is 0 Å². The van der Waals surface area contributed by atoms with Crippen LogP contribution in [0.3, 0.4) is 0 Å². The highest BCUT2D eigenvalue weighted by Crippen LogP contribution is 2.24. The minimum atomic E-state index is -0.388. The van der Waals surface area contributed by atoms with E-state index in [0.29, 0.717) is 9.99 Å². The van der Waals surface area contributed by atoms with Crippen molar-refractivity contribution in [1.29, 1.82) is 0 Å². The molecule has 9 heteroatoms. The lowest BCUT2D eigenvalue weighted by Gasteiger charge is -2.08. The average Bonchev–Trinajstić information content (AvgIpc) is 2.77. The number of rotatable bonds is 3. The molecule has 3 rings (SSSR count). The molecule has 0 aliphatic carbocycles. The van der Waals surface area contributed by atoms with Crippen LogP contribution < -0.4 is 4.74 Å². The Hall–Kier alpha value is -0.700. The van der Waals surface area contributed by atoms with Crippen LogP contribution in [0.1, 0.15) is 41.7 Å². The number of hydrogen-bond donors (Lipinski definition) is 0. The molecule has 0 unspecified atom stereocenters. The number of methoxy groups -OCH3 is 1. The maximum atomic E-state index is 12.9. The SMILES string of the molecule is CCc1c(F)ncc(C)c1I.CCc1c(OC)ncc(C)c1I.Cc1cnc(F)c(I)c1. The molecule has 174 valence electrons. The second-order valence-corrected chi connectivity index (χ2v) is 10.1. The molecule has 3 heterocycles. The number of aryl methyl sites for hydroxylation is 3. The lowest BCUT2D eigenvalue weighted by molar-refractivity contribution is 0.392. The molecule has 0 amide bonds. The summed E-state index contributed by atoms with van der Waals surface area (Å²) < 4.78 is 33.3. The smallest absolute Gasteiger partial charge is 0.226 e. The summed E-state index contributed by atoms with van der Waals surface area (Å²) in [6.07, 6.45) is 6.60. The molecule has 3 aromatic heterocycles. The van der Waals surface area contributed by atoms with Gasteiger partial charge < -0.3 is 4.74 Å². The fourth-order valence-corrected chi connectivity index (χ4v) is 4.66. The highest BCUT2D eigenvalue weighted by atomic mass is 127. The van der Waals surface area contributed by atoms with Gasteiger partial charge in [-0.25, -0.2) is 15.0 Å². The van der Waals surface area contributed by atoms with E-state index in [0.717, 1.165) is 32.6 Å². The molecular weight excluding hydrogens is 753 g/mol. The first-order chi connectivity index (χ1) is 15.1. The number of halogens is 5. The summed E-state index contributed by atoms with van der Waals surface area (Å²) in [5.74, 6) is 0.0381. The van der Waals surface area contributed by atoms with Gasteiger partial charge in [0.2, 0.25) is 17.8 Å². The molecule has 0 aromatic carbocycles. The monoisotopic (exact) mass is 779 g/mol. The average molecular weight is 779 g/mol. The Morgan fingerprint density at radius 1 is 0.781 bits per heavy atom. The van der Waals surface area contributed by atoms with Crippen LogP contribution >= 0.6 is 67.8 Å². The van der Waals surface area contributed by atoms with Crippen LogP contribution in [0.2, 0.25) is 0 Å². The molecule has 0 aliphatic rings. The first-order valence-corrected chi connectivity index (χ1v) is 13.1. The van der Waals surface area contributed by atoms with Gasteiger partial charge in [0.05, 0.1) is 10.7 Å². The van der Waals surface area contributed by atoms with Crippen molar-refractivity contribution >= 4 is 67.8 Å². The third-order valence-corrected chi connectivity index (χ3v) is 8.07. The normalized spacial score (nSPS) is 9.97. The Labute approximate surface area is 229 Å². The molecule has 0 fully saturated rings. The van der Waals surface area contributed by atoms with E-state index in [1.165, 1.54) is 20.9 Å². The molecule has 32 heavy (non-hydrogen) atoms. The van der Waals surface area contributed by atoms with E-state index in [9.17, 15) is 8.78 Å². The van der Waals surface area contributed by atoms with Crippen LogP contribution in [-0.2, 0) is 12.8 Å². The van der Waals surface area contributed by atoms with Crippen LogP contribution in [0, 0.1) is 43.4 Å². The van der Waals surface area contributed by atoms with Crippen LogP contribution in [0.15, 0.2) is 24.7 Å². The summed E-state index contributed by atoms with van der Waals surface area (Å²) in [6, 6.07) is 1.75. The van der Waals surface area contributed by atoms with Crippen molar-refractivity contribution in [2.75, 3.05) is 7.11 Å². The van der Waals surface area contributed by atoms with E-state index in [4.69, 9.17) is 4.74 Å². The van der Waals surface area contributed by atoms with Crippen molar-refractivity contribution in [3.8, 4) is 5.88 Å². The molecule has 0 saturated carbocycles. The highest BCUT2D eigenvalue weighted by Gasteiger charge is 2.09. The van der Waals surface area contributed by atoms with E-state index in [2.05, 4.69) is 74.0 Å². The molecule has 3 aromatic rings. The van der Waals surface area contributed by atoms with Crippen LogP contribution in [0.5, 0.6) is 5.88 Å². The summed E-state index contributed by atoms with van der Waals surface area (Å²) in [5, 5.41) is 0. The second kappa shape index (κ2) is 14.5. The number of nitrogens with zero attached hydrogens (tertiary/aromatic N) is 3. The molecule has 0 radical (unpaired) electrons. The van der Waals surface area contributed by atoms with Gasteiger partial charge in [0.15, 0.2) is 0 Å². The van der Waals surface area contributed by atoms with Gasteiger partial charge in [-0.05, 0) is 124 Å². The van der Waals surface area contributed by atoms with Crippen molar-refractivity contribution in [2.45, 2.75) is 47.5 Å². The molecule has 0 saturated heterocycles. The Balaban J connectivity index is 0.000000242. The van der Waals surface area contributed by atoms with Gasteiger partial charge in [0.25, 0.3) is 0 Å². The molecule has 0 atom stereocenters. The minimum Gasteiger partial charge on any atom is -0.481 e. The van der Waals surface area contributed by atoms with Gasteiger partial charge in [-0.3, -0.25) is 0 Å².